The Morgan fingerprint density at radius 2 is 1.81 bits per heavy atom. The molecule has 1 aliphatic carbocycles. The maximum absolute atomic E-state index is 11.6. The molecule has 1 aliphatic heterocycles. The molecule has 1 saturated heterocycles. The second kappa shape index (κ2) is 3.44. The third-order valence-corrected chi connectivity index (χ3v) is 3.44. The zero-order valence-electron chi connectivity index (χ0n) is 9.03. The number of benzene rings is 1. The van der Waals surface area contributed by atoms with Crippen molar-refractivity contribution in [2.24, 2.45) is 0 Å². The summed E-state index contributed by atoms with van der Waals surface area (Å²) in [5.41, 5.74) is 3.61. The molecule has 1 aromatic rings. The van der Waals surface area contributed by atoms with Crippen LogP contribution in [0.4, 0.5) is 5.69 Å². The van der Waals surface area contributed by atoms with Crippen LogP contribution in [0.5, 0.6) is 0 Å². The number of rotatable bonds is 1. The van der Waals surface area contributed by atoms with Crippen molar-refractivity contribution < 1.29 is 9.59 Å². The van der Waals surface area contributed by atoms with Crippen molar-refractivity contribution in [3.63, 3.8) is 0 Å². The Bertz CT molecular complexity index is 479. The smallest absolute Gasteiger partial charge is 0.294 e. The van der Waals surface area contributed by atoms with Gasteiger partial charge in [-0.3, -0.25) is 9.59 Å². The standard InChI is InChI=1S/C13H13NO2/c15-12-6-7-14(13(12)16)11-5-4-9-2-1-3-10(9)8-11/h4-5,8H,1-3,6-7H2. The molecular weight excluding hydrogens is 202 g/mol. The van der Waals surface area contributed by atoms with Gasteiger partial charge in [0.05, 0.1) is 0 Å². The van der Waals surface area contributed by atoms with Crippen LogP contribution in [0.1, 0.15) is 24.0 Å². The van der Waals surface area contributed by atoms with Gasteiger partial charge >= 0.3 is 0 Å². The van der Waals surface area contributed by atoms with Crippen LogP contribution in [-0.2, 0) is 22.4 Å². The molecule has 1 amide bonds. The number of nitrogens with zero attached hydrogens (tertiary/aromatic N) is 1. The highest BCUT2D eigenvalue weighted by molar-refractivity contribution is 6.43. The largest absolute Gasteiger partial charge is 0.305 e. The number of Topliss-reactive ketones (excluding diaryl/α,β-unsaturated/α-hetero) is 1. The Morgan fingerprint density at radius 3 is 2.56 bits per heavy atom. The van der Waals surface area contributed by atoms with Crippen LogP contribution in [0, 0.1) is 0 Å². The zero-order chi connectivity index (χ0) is 11.1. The number of aryl methyl sites for hydroxylation is 2. The third-order valence-electron chi connectivity index (χ3n) is 3.44. The average molecular weight is 215 g/mol. The molecule has 1 heterocycles. The molecule has 0 N–H and O–H groups in total. The van der Waals surface area contributed by atoms with Crippen molar-refractivity contribution >= 4 is 17.4 Å². The molecule has 0 saturated carbocycles. The normalized spacial score (nSPS) is 19.4. The average Bonchev–Trinajstić information content (AvgIpc) is 2.86. The molecule has 2 aliphatic rings. The van der Waals surface area contributed by atoms with Gasteiger partial charge < -0.3 is 4.90 Å². The number of anilines is 1. The van der Waals surface area contributed by atoms with Crippen molar-refractivity contribution in [3.05, 3.63) is 29.3 Å². The molecule has 0 radical (unpaired) electrons. The lowest BCUT2D eigenvalue weighted by molar-refractivity contribution is -0.133. The van der Waals surface area contributed by atoms with Gasteiger partial charge in [0.25, 0.3) is 5.91 Å². The van der Waals surface area contributed by atoms with Crippen LogP contribution in [-0.4, -0.2) is 18.2 Å². The Balaban J connectivity index is 1.96. The Morgan fingerprint density at radius 1 is 1.00 bits per heavy atom. The van der Waals surface area contributed by atoms with Gasteiger partial charge in [-0.2, -0.15) is 0 Å². The van der Waals surface area contributed by atoms with Gasteiger partial charge in [-0.05, 0) is 42.5 Å². The topological polar surface area (TPSA) is 37.4 Å². The summed E-state index contributed by atoms with van der Waals surface area (Å²) in [4.78, 5) is 24.4. The van der Waals surface area contributed by atoms with Crippen molar-refractivity contribution in [3.8, 4) is 0 Å². The highest BCUT2D eigenvalue weighted by Gasteiger charge is 2.30. The lowest BCUT2D eigenvalue weighted by atomic mass is 10.1. The Labute approximate surface area is 94.1 Å². The first-order valence-corrected chi connectivity index (χ1v) is 5.72. The van der Waals surface area contributed by atoms with E-state index in [9.17, 15) is 9.59 Å². The molecule has 1 aromatic carbocycles. The van der Waals surface area contributed by atoms with E-state index in [0.717, 1.165) is 18.5 Å². The van der Waals surface area contributed by atoms with Crippen LogP contribution in [0.15, 0.2) is 18.2 Å². The summed E-state index contributed by atoms with van der Waals surface area (Å²) in [6, 6.07) is 6.12. The van der Waals surface area contributed by atoms with Gasteiger partial charge in [0.1, 0.15) is 0 Å². The summed E-state index contributed by atoms with van der Waals surface area (Å²) in [6.07, 6.45) is 3.79. The summed E-state index contributed by atoms with van der Waals surface area (Å²) in [7, 11) is 0. The van der Waals surface area contributed by atoms with E-state index in [1.54, 1.807) is 4.90 Å². The first kappa shape index (κ1) is 9.58. The Kier molecular flexibility index (Phi) is 2.06. The highest BCUT2D eigenvalue weighted by atomic mass is 16.2. The Hall–Kier alpha value is -1.64. The summed E-state index contributed by atoms with van der Waals surface area (Å²) >= 11 is 0. The fourth-order valence-corrected chi connectivity index (χ4v) is 2.54. The van der Waals surface area contributed by atoms with Gasteiger partial charge in [0.15, 0.2) is 0 Å². The van der Waals surface area contributed by atoms with Gasteiger partial charge in [0, 0.05) is 18.7 Å². The monoisotopic (exact) mass is 215 g/mol. The molecule has 3 nitrogen and oxygen atoms in total. The van der Waals surface area contributed by atoms with E-state index < -0.39 is 0 Å². The summed E-state index contributed by atoms with van der Waals surface area (Å²) < 4.78 is 0. The van der Waals surface area contributed by atoms with Crippen molar-refractivity contribution in [1.29, 1.82) is 0 Å². The van der Waals surface area contributed by atoms with Crippen molar-refractivity contribution in [2.45, 2.75) is 25.7 Å². The minimum absolute atomic E-state index is 0.263. The van der Waals surface area contributed by atoms with Crippen LogP contribution in [0.2, 0.25) is 0 Å². The molecule has 82 valence electrons. The molecule has 0 atom stereocenters. The van der Waals surface area contributed by atoms with E-state index in [-0.39, 0.29) is 11.7 Å². The first-order chi connectivity index (χ1) is 7.75. The molecular formula is C13H13NO2. The number of hydrogen-bond donors (Lipinski definition) is 0. The van der Waals surface area contributed by atoms with Crippen molar-refractivity contribution in [2.75, 3.05) is 11.4 Å². The summed E-state index contributed by atoms with van der Waals surface area (Å²) in [6.45, 7) is 0.538. The predicted molar refractivity (Wildman–Crippen MR) is 60.4 cm³/mol. The lowest BCUT2D eigenvalue weighted by Crippen LogP contribution is -2.26. The van der Waals surface area contributed by atoms with E-state index in [0.29, 0.717) is 13.0 Å². The van der Waals surface area contributed by atoms with Crippen molar-refractivity contribution in [1.82, 2.24) is 0 Å². The first-order valence-electron chi connectivity index (χ1n) is 5.72. The van der Waals surface area contributed by atoms with E-state index in [1.165, 1.54) is 17.5 Å². The van der Waals surface area contributed by atoms with Gasteiger partial charge in [-0.15, -0.1) is 0 Å². The fraction of sp³-hybridized carbons (Fsp3) is 0.385. The van der Waals surface area contributed by atoms with Gasteiger partial charge in [-0.1, -0.05) is 6.07 Å². The number of carbonyl (C=O) groups excluding carboxylic acids is 2. The number of amides is 1. The molecule has 16 heavy (non-hydrogen) atoms. The third kappa shape index (κ3) is 1.35. The number of fused-ring (bicyclic) bond motifs is 1. The van der Waals surface area contributed by atoms with Crippen LogP contribution < -0.4 is 4.90 Å². The molecule has 0 spiro atoms. The molecule has 0 bridgehead atoms. The SMILES string of the molecule is O=C1CCN(c2ccc3c(c2)CCC3)C1=O. The predicted octanol–water partition coefficient (Wildman–Crippen LogP) is 1.48. The summed E-state index contributed by atoms with van der Waals surface area (Å²) in [5, 5.41) is 0. The highest BCUT2D eigenvalue weighted by Crippen LogP contribution is 2.28. The summed E-state index contributed by atoms with van der Waals surface area (Å²) in [5.74, 6) is -0.613. The minimum Gasteiger partial charge on any atom is -0.305 e. The molecule has 0 aromatic heterocycles. The fourth-order valence-electron chi connectivity index (χ4n) is 2.54. The van der Waals surface area contributed by atoms with Crippen LogP contribution >= 0.6 is 0 Å². The van der Waals surface area contributed by atoms with E-state index in [4.69, 9.17) is 0 Å². The van der Waals surface area contributed by atoms with Crippen LogP contribution in [0.3, 0.4) is 0 Å². The quantitative estimate of drug-likeness (QED) is 0.665. The molecule has 0 unspecified atom stereocenters. The zero-order valence-corrected chi connectivity index (χ0v) is 9.03. The van der Waals surface area contributed by atoms with Gasteiger partial charge in [0.2, 0.25) is 5.78 Å². The number of hydrogen-bond acceptors (Lipinski definition) is 2. The van der Waals surface area contributed by atoms with E-state index in [1.807, 2.05) is 6.07 Å². The van der Waals surface area contributed by atoms with Gasteiger partial charge in [-0.25, -0.2) is 0 Å². The second-order valence-corrected chi connectivity index (χ2v) is 4.44. The second-order valence-electron chi connectivity index (χ2n) is 4.44. The van der Waals surface area contributed by atoms with Crippen LogP contribution in [0.25, 0.3) is 0 Å². The van der Waals surface area contributed by atoms with E-state index >= 15 is 0 Å². The molecule has 1 fully saturated rings. The molecule has 3 heteroatoms. The lowest BCUT2D eigenvalue weighted by Gasteiger charge is -2.15. The maximum Gasteiger partial charge on any atom is 0.294 e. The number of carbonyl (C=O) groups is 2. The minimum atomic E-state index is -0.349. The molecule has 3 rings (SSSR count). The van der Waals surface area contributed by atoms with E-state index in [2.05, 4.69) is 12.1 Å². The maximum atomic E-state index is 11.6. The number of ketones is 1.